The van der Waals surface area contributed by atoms with Crippen LogP contribution < -0.4 is 9.47 Å². The molecule has 1 rings (SSSR count). The fraction of sp³-hybridized carbons (Fsp3) is 0.182. The average Bonchev–Trinajstić information content (AvgIpc) is 2.18. The van der Waals surface area contributed by atoms with Gasteiger partial charge in [-0.2, -0.15) is 0 Å². The standard InChI is InChI=1S/C11H12O4/c1-7(2)11(13)15-9-6-4-5-8(12)10(9)14-3/h4-6,12H,1H2,2-3H3. The minimum Gasteiger partial charge on any atom is -0.504 e. The molecule has 0 amide bonds. The Balaban J connectivity index is 2.99. The molecular formula is C11H12O4. The predicted octanol–water partition coefficient (Wildman–Crippen LogP) is 1.88. The molecular weight excluding hydrogens is 196 g/mol. The number of aromatic hydroxyl groups is 1. The van der Waals surface area contributed by atoms with Gasteiger partial charge in [-0.25, -0.2) is 4.79 Å². The number of para-hydroxylation sites is 1. The van der Waals surface area contributed by atoms with Crippen LogP contribution in [0.3, 0.4) is 0 Å². The van der Waals surface area contributed by atoms with Gasteiger partial charge in [0, 0.05) is 5.57 Å². The molecule has 4 nitrogen and oxygen atoms in total. The van der Waals surface area contributed by atoms with Gasteiger partial charge in [-0.3, -0.25) is 0 Å². The van der Waals surface area contributed by atoms with Gasteiger partial charge in [0.15, 0.2) is 11.5 Å². The van der Waals surface area contributed by atoms with E-state index in [-0.39, 0.29) is 22.8 Å². The Labute approximate surface area is 87.7 Å². The van der Waals surface area contributed by atoms with E-state index in [0.717, 1.165) is 0 Å². The van der Waals surface area contributed by atoms with Crippen LogP contribution in [0.2, 0.25) is 0 Å². The third kappa shape index (κ3) is 2.49. The van der Waals surface area contributed by atoms with E-state index in [1.807, 2.05) is 0 Å². The summed E-state index contributed by atoms with van der Waals surface area (Å²) in [6.07, 6.45) is 0. The number of hydrogen-bond acceptors (Lipinski definition) is 4. The van der Waals surface area contributed by atoms with E-state index < -0.39 is 5.97 Å². The molecule has 0 saturated carbocycles. The Bertz CT molecular complexity index is 396. The number of rotatable bonds is 3. The highest BCUT2D eigenvalue weighted by atomic mass is 16.6. The smallest absolute Gasteiger partial charge is 0.338 e. The molecule has 0 bridgehead atoms. The highest BCUT2D eigenvalue weighted by molar-refractivity contribution is 5.89. The normalized spacial score (nSPS) is 9.47. The number of phenolic OH excluding ortho intramolecular Hbond substituents is 1. The minimum atomic E-state index is -0.557. The van der Waals surface area contributed by atoms with Crippen LogP contribution in [0.1, 0.15) is 6.92 Å². The van der Waals surface area contributed by atoms with Crippen LogP contribution in [0.25, 0.3) is 0 Å². The quantitative estimate of drug-likeness (QED) is 0.468. The first-order valence-corrected chi connectivity index (χ1v) is 4.30. The number of carbonyl (C=O) groups excluding carboxylic acids is 1. The van der Waals surface area contributed by atoms with Gasteiger partial charge in [0.1, 0.15) is 0 Å². The van der Waals surface area contributed by atoms with E-state index >= 15 is 0 Å². The van der Waals surface area contributed by atoms with Gasteiger partial charge >= 0.3 is 5.97 Å². The Hall–Kier alpha value is -1.97. The van der Waals surface area contributed by atoms with Crippen molar-refractivity contribution in [1.29, 1.82) is 0 Å². The molecule has 15 heavy (non-hydrogen) atoms. The summed E-state index contributed by atoms with van der Waals surface area (Å²) in [7, 11) is 1.38. The molecule has 0 atom stereocenters. The maximum atomic E-state index is 11.2. The van der Waals surface area contributed by atoms with Gasteiger partial charge < -0.3 is 14.6 Å². The van der Waals surface area contributed by atoms with Gasteiger partial charge in [0.25, 0.3) is 0 Å². The molecule has 1 aromatic rings. The molecule has 0 heterocycles. The maximum absolute atomic E-state index is 11.2. The molecule has 0 aliphatic carbocycles. The molecule has 4 heteroatoms. The lowest BCUT2D eigenvalue weighted by atomic mass is 10.3. The summed E-state index contributed by atoms with van der Waals surface area (Å²) in [6.45, 7) is 4.99. The van der Waals surface area contributed by atoms with Crippen molar-refractivity contribution in [2.45, 2.75) is 6.92 Å². The zero-order chi connectivity index (χ0) is 11.4. The van der Waals surface area contributed by atoms with Crippen LogP contribution in [-0.2, 0) is 4.79 Å². The predicted molar refractivity (Wildman–Crippen MR) is 55.1 cm³/mol. The Morgan fingerprint density at radius 1 is 1.47 bits per heavy atom. The van der Waals surface area contributed by atoms with E-state index in [9.17, 15) is 9.90 Å². The summed E-state index contributed by atoms with van der Waals surface area (Å²) in [5, 5.41) is 9.40. The van der Waals surface area contributed by atoms with Crippen LogP contribution in [0, 0.1) is 0 Å². The summed E-state index contributed by atoms with van der Waals surface area (Å²) >= 11 is 0. The third-order valence-electron chi connectivity index (χ3n) is 1.71. The molecule has 0 fully saturated rings. The SMILES string of the molecule is C=C(C)C(=O)Oc1cccc(O)c1OC. The molecule has 0 unspecified atom stereocenters. The first-order chi connectivity index (χ1) is 7.06. The van der Waals surface area contributed by atoms with Gasteiger partial charge in [-0.15, -0.1) is 0 Å². The fourth-order valence-electron chi connectivity index (χ4n) is 0.977. The van der Waals surface area contributed by atoms with Crippen LogP contribution >= 0.6 is 0 Å². The molecule has 1 N–H and O–H groups in total. The molecule has 0 aliphatic heterocycles. The molecule has 80 valence electrons. The van der Waals surface area contributed by atoms with Gasteiger partial charge in [0.05, 0.1) is 7.11 Å². The highest BCUT2D eigenvalue weighted by Crippen LogP contribution is 2.35. The summed E-state index contributed by atoms with van der Waals surface area (Å²) in [5.74, 6) is -0.332. The summed E-state index contributed by atoms with van der Waals surface area (Å²) in [6, 6.07) is 4.52. The molecule has 0 aliphatic rings. The van der Waals surface area contributed by atoms with E-state index in [4.69, 9.17) is 9.47 Å². The van der Waals surface area contributed by atoms with Crippen LogP contribution in [-0.4, -0.2) is 18.2 Å². The largest absolute Gasteiger partial charge is 0.504 e. The Kier molecular flexibility index (Phi) is 3.33. The number of esters is 1. The Morgan fingerprint density at radius 2 is 2.13 bits per heavy atom. The lowest BCUT2D eigenvalue weighted by Crippen LogP contribution is -2.08. The monoisotopic (exact) mass is 208 g/mol. The van der Waals surface area contributed by atoms with Crippen LogP contribution in [0.5, 0.6) is 17.2 Å². The number of methoxy groups -OCH3 is 1. The molecule has 0 saturated heterocycles. The van der Waals surface area contributed by atoms with Crippen molar-refractivity contribution in [3.63, 3.8) is 0 Å². The van der Waals surface area contributed by atoms with Crippen molar-refractivity contribution < 1.29 is 19.4 Å². The van der Waals surface area contributed by atoms with E-state index in [2.05, 4.69) is 6.58 Å². The first-order valence-electron chi connectivity index (χ1n) is 4.30. The van der Waals surface area contributed by atoms with Crippen molar-refractivity contribution in [3.05, 3.63) is 30.4 Å². The minimum absolute atomic E-state index is 0.0792. The van der Waals surface area contributed by atoms with Gasteiger partial charge in [-0.1, -0.05) is 12.6 Å². The number of phenols is 1. The van der Waals surface area contributed by atoms with Gasteiger partial charge in [0.2, 0.25) is 5.75 Å². The molecule has 0 aromatic heterocycles. The second-order valence-corrected chi connectivity index (χ2v) is 2.98. The average molecular weight is 208 g/mol. The summed E-state index contributed by atoms with van der Waals surface area (Å²) in [5.41, 5.74) is 0.278. The highest BCUT2D eigenvalue weighted by Gasteiger charge is 2.13. The molecule has 0 spiro atoms. The number of hydrogen-bond donors (Lipinski definition) is 1. The number of benzene rings is 1. The maximum Gasteiger partial charge on any atom is 0.338 e. The third-order valence-corrected chi connectivity index (χ3v) is 1.71. The van der Waals surface area contributed by atoms with Gasteiger partial charge in [-0.05, 0) is 19.1 Å². The van der Waals surface area contributed by atoms with E-state index in [1.165, 1.54) is 26.2 Å². The Morgan fingerprint density at radius 3 is 2.67 bits per heavy atom. The van der Waals surface area contributed by atoms with Crippen molar-refractivity contribution in [2.24, 2.45) is 0 Å². The second-order valence-electron chi connectivity index (χ2n) is 2.98. The zero-order valence-electron chi connectivity index (χ0n) is 8.61. The van der Waals surface area contributed by atoms with Crippen LogP contribution in [0.4, 0.5) is 0 Å². The topological polar surface area (TPSA) is 55.8 Å². The van der Waals surface area contributed by atoms with Crippen molar-refractivity contribution in [2.75, 3.05) is 7.11 Å². The van der Waals surface area contributed by atoms with Crippen molar-refractivity contribution in [3.8, 4) is 17.2 Å². The number of carbonyl (C=O) groups is 1. The lowest BCUT2D eigenvalue weighted by molar-refractivity contribution is -0.130. The zero-order valence-corrected chi connectivity index (χ0v) is 8.61. The first kappa shape index (κ1) is 11.1. The van der Waals surface area contributed by atoms with Crippen molar-refractivity contribution in [1.82, 2.24) is 0 Å². The summed E-state index contributed by atoms with van der Waals surface area (Å²) < 4.78 is 9.86. The van der Waals surface area contributed by atoms with E-state index in [0.29, 0.717) is 0 Å². The number of ether oxygens (including phenoxy) is 2. The van der Waals surface area contributed by atoms with E-state index in [1.54, 1.807) is 6.07 Å². The fourth-order valence-corrected chi connectivity index (χ4v) is 0.977. The van der Waals surface area contributed by atoms with Crippen molar-refractivity contribution >= 4 is 5.97 Å². The second kappa shape index (κ2) is 4.50. The molecule has 1 aromatic carbocycles. The summed E-state index contributed by atoms with van der Waals surface area (Å²) in [4.78, 5) is 11.2. The molecule has 0 radical (unpaired) electrons. The van der Waals surface area contributed by atoms with Crippen LogP contribution in [0.15, 0.2) is 30.4 Å². The lowest BCUT2D eigenvalue weighted by Gasteiger charge is -2.09.